The maximum atomic E-state index is 13.2. The largest absolute Gasteiger partial charge is 0.480 e. The fraction of sp³-hybridized carbons (Fsp3) is 0.652. The summed E-state index contributed by atoms with van der Waals surface area (Å²) >= 11 is 0. The Bertz CT molecular complexity index is 1220. The maximum Gasteiger partial charge on any atom is 0.480 e. The molecular formula is C23H33N2O13P. The number of carbonyl (C=O) groups is 2. The van der Waals surface area contributed by atoms with E-state index in [2.05, 4.69) is 0 Å². The second kappa shape index (κ2) is 12.1. The first-order chi connectivity index (χ1) is 17.8. The standard InChI is InChI=1S/C23H33N2O13P/c1-8-23(31)16(27)14(38-17(23)25-10-9-15(26)24-20(25)30)11-35-39(32,36-12-33-18(28)21(2,3)4)37-13-34-19(29)22(5,6)7/h1,9-10,14,16-17,27,31H,11-13H2,2-7H3,(H,24,26,30)/t14-,16?,17-,23?/m1/s1. The van der Waals surface area contributed by atoms with E-state index in [1.165, 1.54) is 0 Å². The van der Waals surface area contributed by atoms with Crippen LogP contribution in [-0.2, 0) is 41.9 Å². The topological polar surface area (TPSA) is 202 Å². The molecule has 0 bridgehead atoms. The number of nitrogens with one attached hydrogen (secondary N) is 1. The maximum absolute atomic E-state index is 13.2. The highest BCUT2D eigenvalue weighted by molar-refractivity contribution is 7.48. The third kappa shape index (κ3) is 8.09. The van der Waals surface area contributed by atoms with Gasteiger partial charge in [-0.15, -0.1) is 6.42 Å². The first-order valence-electron chi connectivity index (χ1n) is 11.6. The molecule has 0 amide bonds. The third-order valence-corrected chi connectivity index (χ3v) is 6.55. The Morgan fingerprint density at radius 1 is 1.10 bits per heavy atom. The van der Waals surface area contributed by atoms with Crippen LogP contribution in [0.15, 0.2) is 21.9 Å². The number of aromatic amines is 1. The van der Waals surface area contributed by atoms with Gasteiger partial charge in [0.25, 0.3) is 5.56 Å². The number of H-pyrrole nitrogens is 1. The van der Waals surface area contributed by atoms with Crippen molar-refractivity contribution in [3.05, 3.63) is 33.1 Å². The first-order valence-corrected chi connectivity index (χ1v) is 13.0. The van der Waals surface area contributed by atoms with E-state index in [-0.39, 0.29) is 0 Å². The van der Waals surface area contributed by atoms with Crippen molar-refractivity contribution in [1.82, 2.24) is 9.55 Å². The number of carbonyl (C=O) groups excluding carboxylic acids is 2. The molecular weight excluding hydrogens is 543 g/mol. The van der Waals surface area contributed by atoms with E-state index in [4.69, 9.17) is 34.2 Å². The first kappa shape index (κ1) is 32.4. The van der Waals surface area contributed by atoms with Crippen molar-refractivity contribution in [1.29, 1.82) is 0 Å². The minimum absolute atomic E-state index is 0.698. The van der Waals surface area contributed by atoms with Gasteiger partial charge in [-0.25, -0.2) is 18.4 Å². The Balaban J connectivity index is 2.19. The van der Waals surface area contributed by atoms with E-state index in [0.29, 0.717) is 0 Å². The van der Waals surface area contributed by atoms with Gasteiger partial charge in [-0.05, 0) is 41.5 Å². The lowest BCUT2D eigenvalue weighted by Gasteiger charge is -2.26. The van der Waals surface area contributed by atoms with Gasteiger partial charge in [0, 0.05) is 12.3 Å². The van der Waals surface area contributed by atoms with Crippen molar-refractivity contribution >= 4 is 19.8 Å². The zero-order chi connectivity index (χ0) is 29.8. The number of nitrogens with zero attached hydrogens (tertiary/aromatic N) is 1. The Kier molecular flexibility index (Phi) is 10.1. The number of hydrogen-bond acceptors (Lipinski definition) is 13. The summed E-state index contributed by atoms with van der Waals surface area (Å²) in [5.74, 6) is 0.560. The SMILES string of the molecule is C#CC1(O)C(O)[C@@H](COP(=O)(OCOC(=O)C(C)(C)C)OCOC(=O)C(C)(C)C)O[C@H]1n1ccc(=O)[nH]c1=O. The number of phosphoric acid groups is 1. The molecule has 2 rings (SSSR count). The molecule has 2 unspecified atom stereocenters. The number of aliphatic hydroxyl groups is 2. The van der Waals surface area contributed by atoms with Gasteiger partial charge in [-0.1, -0.05) is 5.92 Å². The van der Waals surface area contributed by atoms with Gasteiger partial charge < -0.3 is 24.4 Å². The molecule has 1 aromatic heterocycles. The molecule has 4 atom stereocenters. The lowest BCUT2D eigenvalue weighted by atomic mass is 9.95. The fourth-order valence-electron chi connectivity index (χ4n) is 2.95. The molecule has 16 heteroatoms. The van der Waals surface area contributed by atoms with Gasteiger partial charge in [0.15, 0.2) is 11.8 Å². The van der Waals surface area contributed by atoms with Crippen LogP contribution in [0.1, 0.15) is 47.8 Å². The van der Waals surface area contributed by atoms with Gasteiger partial charge in [-0.2, -0.15) is 0 Å². The van der Waals surface area contributed by atoms with E-state index in [9.17, 15) is 34.0 Å². The van der Waals surface area contributed by atoms with Gasteiger partial charge >= 0.3 is 25.5 Å². The van der Waals surface area contributed by atoms with Crippen LogP contribution in [0.4, 0.5) is 0 Å². The van der Waals surface area contributed by atoms with Gasteiger partial charge in [-0.3, -0.25) is 28.5 Å². The highest BCUT2D eigenvalue weighted by Crippen LogP contribution is 2.50. The monoisotopic (exact) mass is 576 g/mol. The zero-order valence-corrected chi connectivity index (χ0v) is 23.3. The lowest BCUT2D eigenvalue weighted by molar-refractivity contribution is -0.163. The molecule has 218 valence electrons. The molecule has 39 heavy (non-hydrogen) atoms. The van der Waals surface area contributed by atoms with Crippen molar-refractivity contribution in [2.24, 2.45) is 10.8 Å². The van der Waals surface area contributed by atoms with E-state index < -0.39 is 86.1 Å². The summed E-state index contributed by atoms with van der Waals surface area (Å²) in [5, 5.41) is 21.5. The fourth-order valence-corrected chi connectivity index (χ4v) is 3.87. The smallest absolute Gasteiger partial charge is 0.437 e. The summed E-state index contributed by atoms with van der Waals surface area (Å²) in [6, 6.07) is 0.964. The van der Waals surface area contributed by atoms with Crippen LogP contribution >= 0.6 is 7.82 Å². The number of ether oxygens (including phenoxy) is 3. The van der Waals surface area contributed by atoms with Crippen molar-refractivity contribution in [3.8, 4) is 12.3 Å². The predicted octanol–water partition coefficient (Wildman–Crippen LogP) is 0.411. The van der Waals surface area contributed by atoms with E-state index >= 15 is 0 Å². The molecule has 1 saturated heterocycles. The summed E-state index contributed by atoms with van der Waals surface area (Å²) < 4.78 is 44.6. The number of aromatic nitrogens is 2. The molecule has 15 nitrogen and oxygen atoms in total. The minimum Gasteiger partial charge on any atom is -0.437 e. The third-order valence-electron chi connectivity index (χ3n) is 5.24. The Hall–Kier alpha value is -2.83. The Morgan fingerprint density at radius 3 is 2.05 bits per heavy atom. The number of rotatable bonds is 10. The average Bonchev–Trinajstić information content (AvgIpc) is 3.07. The molecule has 1 fully saturated rings. The van der Waals surface area contributed by atoms with Crippen LogP contribution in [0.2, 0.25) is 0 Å². The number of terminal acetylenes is 1. The summed E-state index contributed by atoms with van der Waals surface area (Å²) in [6.45, 7) is 6.89. The van der Waals surface area contributed by atoms with E-state index in [0.717, 1.165) is 16.8 Å². The normalized spacial score (nSPS) is 23.7. The quantitative estimate of drug-likeness (QED) is 0.150. The highest BCUT2D eigenvalue weighted by Gasteiger charge is 2.56. The molecule has 1 aliphatic heterocycles. The number of esters is 2. The lowest BCUT2D eigenvalue weighted by Crippen LogP contribution is -2.48. The van der Waals surface area contributed by atoms with Gasteiger partial charge in [0.1, 0.15) is 12.2 Å². The van der Waals surface area contributed by atoms with Gasteiger partial charge in [0.05, 0.1) is 17.4 Å². The second-order valence-corrected chi connectivity index (χ2v) is 12.2. The number of hydrogen-bond donors (Lipinski definition) is 3. The molecule has 0 aliphatic carbocycles. The summed E-state index contributed by atoms with van der Waals surface area (Å²) in [7, 11) is -4.67. The average molecular weight is 576 g/mol. The van der Waals surface area contributed by atoms with Gasteiger partial charge in [0.2, 0.25) is 13.6 Å². The van der Waals surface area contributed by atoms with E-state index in [1.807, 2.05) is 10.9 Å². The van der Waals surface area contributed by atoms with Crippen LogP contribution < -0.4 is 11.2 Å². The number of phosphoric ester groups is 1. The minimum atomic E-state index is -4.67. The second-order valence-electron chi connectivity index (χ2n) is 10.6. The Labute approximate surface area is 223 Å². The summed E-state index contributed by atoms with van der Waals surface area (Å²) in [5.41, 5.74) is -6.02. The van der Waals surface area contributed by atoms with Crippen molar-refractivity contribution in [2.45, 2.75) is 65.6 Å². The van der Waals surface area contributed by atoms with Crippen molar-refractivity contribution < 1.29 is 52.1 Å². The Morgan fingerprint density at radius 2 is 1.62 bits per heavy atom. The number of aliphatic hydroxyl groups excluding tert-OH is 1. The highest BCUT2D eigenvalue weighted by atomic mass is 31.2. The molecule has 0 aromatic carbocycles. The summed E-state index contributed by atoms with van der Waals surface area (Å²) in [6.07, 6.45) is 1.31. The molecule has 3 N–H and O–H groups in total. The predicted molar refractivity (Wildman–Crippen MR) is 132 cm³/mol. The summed E-state index contributed by atoms with van der Waals surface area (Å²) in [4.78, 5) is 49.6. The molecule has 1 aromatic rings. The van der Waals surface area contributed by atoms with E-state index in [1.54, 1.807) is 41.5 Å². The van der Waals surface area contributed by atoms with Crippen LogP contribution in [0.3, 0.4) is 0 Å². The van der Waals surface area contributed by atoms with Crippen LogP contribution in [0.5, 0.6) is 0 Å². The zero-order valence-electron chi connectivity index (χ0n) is 22.4. The molecule has 0 spiro atoms. The van der Waals surface area contributed by atoms with Crippen LogP contribution in [-0.4, -0.2) is 69.7 Å². The molecule has 0 radical (unpaired) electrons. The van der Waals surface area contributed by atoms with Crippen molar-refractivity contribution in [2.75, 3.05) is 20.2 Å². The van der Waals surface area contributed by atoms with Crippen LogP contribution in [0.25, 0.3) is 0 Å². The molecule has 1 aliphatic rings. The van der Waals surface area contributed by atoms with Crippen molar-refractivity contribution in [3.63, 3.8) is 0 Å². The van der Waals surface area contributed by atoms with Crippen LogP contribution in [0, 0.1) is 23.2 Å². The molecule has 0 saturated carbocycles. The molecule has 2 heterocycles.